The Hall–Kier alpha value is -3.93. The molecule has 1 fully saturated rings. The van der Waals surface area contributed by atoms with Crippen LogP contribution in [0.25, 0.3) is 27.7 Å². The van der Waals surface area contributed by atoms with E-state index in [9.17, 15) is 9.59 Å². The maximum atomic E-state index is 13.6. The second-order valence-electron chi connectivity index (χ2n) is 10.5. The topological polar surface area (TPSA) is 116 Å². The monoisotopic (exact) mass is 571 g/mol. The minimum absolute atomic E-state index is 0.0621. The molecule has 0 unspecified atom stereocenters. The highest BCUT2D eigenvalue weighted by Crippen LogP contribution is 2.31. The molecule has 2 aliphatic heterocycles. The van der Waals surface area contributed by atoms with Crippen LogP contribution in [-0.2, 0) is 20.7 Å². The lowest BCUT2D eigenvalue weighted by Gasteiger charge is -2.29. The van der Waals surface area contributed by atoms with Gasteiger partial charge in [0.1, 0.15) is 10.7 Å². The summed E-state index contributed by atoms with van der Waals surface area (Å²) in [5.41, 5.74) is 4.49. The van der Waals surface area contributed by atoms with Gasteiger partial charge in [-0.05, 0) is 55.2 Å². The number of thiazole rings is 1. The maximum Gasteiger partial charge on any atom is 0.258 e. The Bertz CT molecular complexity index is 1600. The van der Waals surface area contributed by atoms with Crippen LogP contribution in [0, 0.1) is 0 Å². The first kappa shape index (κ1) is 27.3. The molecule has 0 saturated carbocycles. The fraction of sp³-hybridized carbons (Fsp3) is 0.367. The van der Waals surface area contributed by atoms with Crippen molar-refractivity contribution in [2.75, 3.05) is 45.2 Å². The molecule has 41 heavy (non-hydrogen) atoms. The van der Waals surface area contributed by atoms with Crippen LogP contribution >= 0.6 is 11.3 Å². The van der Waals surface area contributed by atoms with Crippen LogP contribution in [0.15, 0.2) is 54.2 Å². The molecule has 4 aromatic rings. The molecule has 1 saturated heterocycles. The van der Waals surface area contributed by atoms with Gasteiger partial charge in [0.05, 0.1) is 12.1 Å². The number of rotatable bonds is 8. The Kier molecular flexibility index (Phi) is 7.65. The van der Waals surface area contributed by atoms with E-state index in [1.54, 1.807) is 30.8 Å². The van der Waals surface area contributed by atoms with Crippen LogP contribution in [0.2, 0.25) is 0 Å². The second-order valence-corrected chi connectivity index (χ2v) is 11.4. The quantitative estimate of drug-likeness (QED) is 0.329. The van der Waals surface area contributed by atoms with Gasteiger partial charge in [-0.15, -0.1) is 11.3 Å². The fourth-order valence-electron chi connectivity index (χ4n) is 5.58. The number of carbonyl (C=O) groups excluding carboxylic acids is 2. The Morgan fingerprint density at radius 1 is 1.17 bits per heavy atom. The molecule has 2 aliphatic rings. The van der Waals surface area contributed by atoms with E-state index >= 15 is 0 Å². The van der Waals surface area contributed by atoms with Gasteiger partial charge in [-0.3, -0.25) is 24.6 Å². The molecule has 11 heteroatoms. The number of aromatic amines is 1. The van der Waals surface area contributed by atoms with Gasteiger partial charge in [0.25, 0.3) is 5.91 Å². The van der Waals surface area contributed by atoms with Crippen molar-refractivity contribution in [3.05, 3.63) is 64.9 Å². The first-order valence-electron chi connectivity index (χ1n) is 13.9. The zero-order valence-corrected chi connectivity index (χ0v) is 24.0. The molecule has 0 spiro atoms. The van der Waals surface area contributed by atoms with Crippen molar-refractivity contribution in [1.82, 2.24) is 30.0 Å². The van der Waals surface area contributed by atoms with Crippen molar-refractivity contribution in [3.63, 3.8) is 0 Å². The standard InChI is InChI=1S/C30H33N7O3S/c1-3-22-16-21(6-10-31-22)27-24-17-23(4-5-25(24)34-35-27)33-29(39)30(40-2)9-14-36(19-30)18-26(38)37-12-7-20(8-13-37)28-32-11-15-41-28/h4-7,10-11,15-17H,3,8-9,12-14,18-19H2,1-2H3,(H,33,39)(H,34,35)/t30-/m0/s1. The molecule has 2 amide bonds. The number of pyridine rings is 1. The summed E-state index contributed by atoms with van der Waals surface area (Å²) in [7, 11) is 1.56. The van der Waals surface area contributed by atoms with E-state index in [2.05, 4.69) is 38.5 Å². The zero-order valence-electron chi connectivity index (χ0n) is 23.2. The number of likely N-dealkylation sites (tertiary alicyclic amines) is 1. The fourth-order valence-corrected chi connectivity index (χ4v) is 6.29. The predicted octanol–water partition coefficient (Wildman–Crippen LogP) is 3.99. The minimum atomic E-state index is -1.03. The summed E-state index contributed by atoms with van der Waals surface area (Å²) in [6, 6.07) is 9.68. The molecule has 6 rings (SSSR count). The number of carbonyl (C=O) groups is 2. The molecule has 3 aromatic heterocycles. The van der Waals surface area contributed by atoms with E-state index < -0.39 is 5.60 Å². The van der Waals surface area contributed by atoms with Crippen molar-refractivity contribution in [1.29, 1.82) is 0 Å². The average molecular weight is 572 g/mol. The van der Waals surface area contributed by atoms with Gasteiger partial charge in [-0.25, -0.2) is 4.98 Å². The number of amides is 2. The summed E-state index contributed by atoms with van der Waals surface area (Å²) in [5.74, 6) is -0.155. The van der Waals surface area contributed by atoms with Gasteiger partial charge in [0.2, 0.25) is 5.91 Å². The number of methoxy groups -OCH3 is 1. The molecule has 212 valence electrons. The van der Waals surface area contributed by atoms with Gasteiger partial charge in [-0.2, -0.15) is 5.10 Å². The highest BCUT2D eigenvalue weighted by Gasteiger charge is 2.45. The number of ether oxygens (including phenoxy) is 1. The number of benzene rings is 1. The number of nitrogens with zero attached hydrogens (tertiary/aromatic N) is 5. The Labute approximate surface area is 242 Å². The summed E-state index contributed by atoms with van der Waals surface area (Å²) in [6.07, 6.45) is 7.84. The number of aromatic nitrogens is 4. The van der Waals surface area contributed by atoms with E-state index in [1.807, 2.05) is 45.5 Å². The lowest BCUT2D eigenvalue weighted by molar-refractivity contribution is -0.138. The summed E-state index contributed by atoms with van der Waals surface area (Å²) in [5, 5.41) is 14.6. The summed E-state index contributed by atoms with van der Waals surface area (Å²) < 4.78 is 5.82. The summed E-state index contributed by atoms with van der Waals surface area (Å²) >= 11 is 1.62. The third-order valence-electron chi connectivity index (χ3n) is 8.02. The van der Waals surface area contributed by atoms with E-state index in [1.165, 1.54) is 5.57 Å². The van der Waals surface area contributed by atoms with Gasteiger partial charge in [-0.1, -0.05) is 13.0 Å². The van der Waals surface area contributed by atoms with Crippen molar-refractivity contribution < 1.29 is 14.3 Å². The zero-order chi connectivity index (χ0) is 28.4. The SMILES string of the molecule is CCc1cc(-c2n[nH]c3ccc(NC(=O)[C@]4(OC)CCN(CC(=O)N5CC=C(c6nccs6)CC5)C4)cc23)ccn1. The lowest BCUT2D eigenvalue weighted by atomic mass is 10.0. The predicted molar refractivity (Wildman–Crippen MR) is 159 cm³/mol. The number of nitrogens with one attached hydrogen (secondary N) is 2. The number of hydrogen-bond acceptors (Lipinski definition) is 8. The van der Waals surface area contributed by atoms with Crippen LogP contribution in [0.5, 0.6) is 0 Å². The number of H-pyrrole nitrogens is 1. The second kappa shape index (κ2) is 11.5. The van der Waals surface area contributed by atoms with Gasteiger partial charge < -0.3 is 15.0 Å². The highest BCUT2D eigenvalue weighted by atomic mass is 32.1. The largest absolute Gasteiger partial charge is 0.367 e. The van der Waals surface area contributed by atoms with Crippen molar-refractivity contribution in [2.24, 2.45) is 0 Å². The highest BCUT2D eigenvalue weighted by molar-refractivity contribution is 7.10. The molecule has 1 atom stereocenters. The molecular weight excluding hydrogens is 538 g/mol. The Morgan fingerprint density at radius 3 is 2.83 bits per heavy atom. The molecule has 10 nitrogen and oxygen atoms in total. The van der Waals surface area contributed by atoms with E-state index in [0.29, 0.717) is 38.3 Å². The van der Waals surface area contributed by atoms with Gasteiger partial charge in [0, 0.05) is 73.4 Å². The van der Waals surface area contributed by atoms with E-state index in [-0.39, 0.29) is 18.4 Å². The molecular formula is C30H33N7O3S. The molecule has 1 aromatic carbocycles. The number of anilines is 1. The molecule has 0 aliphatic carbocycles. The van der Waals surface area contributed by atoms with Crippen molar-refractivity contribution >= 4 is 45.3 Å². The smallest absolute Gasteiger partial charge is 0.258 e. The molecule has 0 radical (unpaired) electrons. The Balaban J connectivity index is 1.11. The third kappa shape index (κ3) is 5.52. The summed E-state index contributed by atoms with van der Waals surface area (Å²) in [6.45, 7) is 4.54. The maximum absolute atomic E-state index is 13.6. The average Bonchev–Trinajstić information content (AvgIpc) is 3.78. The van der Waals surface area contributed by atoms with Crippen molar-refractivity contribution in [2.45, 2.75) is 31.8 Å². The van der Waals surface area contributed by atoms with Crippen LogP contribution in [0.1, 0.15) is 30.5 Å². The summed E-state index contributed by atoms with van der Waals surface area (Å²) in [4.78, 5) is 39.3. The van der Waals surface area contributed by atoms with Crippen molar-refractivity contribution in [3.8, 4) is 11.3 Å². The lowest BCUT2D eigenvalue weighted by Crippen LogP contribution is -2.48. The number of fused-ring (bicyclic) bond motifs is 1. The normalized spacial score (nSPS) is 19.5. The van der Waals surface area contributed by atoms with Gasteiger partial charge in [0.15, 0.2) is 5.60 Å². The van der Waals surface area contributed by atoms with Gasteiger partial charge >= 0.3 is 0 Å². The van der Waals surface area contributed by atoms with E-state index in [4.69, 9.17) is 4.74 Å². The first-order valence-corrected chi connectivity index (χ1v) is 14.7. The minimum Gasteiger partial charge on any atom is -0.367 e. The molecule has 5 heterocycles. The van der Waals surface area contributed by atoms with Crippen LogP contribution in [0.4, 0.5) is 5.69 Å². The number of hydrogen-bond donors (Lipinski definition) is 2. The van der Waals surface area contributed by atoms with E-state index in [0.717, 1.165) is 45.7 Å². The van der Waals surface area contributed by atoms with Crippen LogP contribution in [0.3, 0.4) is 0 Å². The third-order valence-corrected chi connectivity index (χ3v) is 8.86. The molecule has 0 bridgehead atoms. The van der Waals surface area contributed by atoms with Crippen LogP contribution < -0.4 is 5.32 Å². The Morgan fingerprint density at radius 2 is 2.07 bits per heavy atom. The van der Waals surface area contributed by atoms with Crippen LogP contribution in [-0.4, -0.2) is 87.2 Å². The number of aryl methyl sites for hydroxylation is 1. The first-order chi connectivity index (χ1) is 20.0. The molecule has 2 N–H and O–H groups in total.